The van der Waals surface area contributed by atoms with Crippen LogP contribution in [0.5, 0.6) is 0 Å². The molecule has 0 unspecified atom stereocenters. The third-order valence-electron chi connectivity index (χ3n) is 1.14. The van der Waals surface area contributed by atoms with Crippen molar-refractivity contribution in [1.82, 2.24) is 0 Å². The van der Waals surface area contributed by atoms with Crippen molar-refractivity contribution < 1.29 is 7.64 Å². The minimum atomic E-state index is 0.237. The van der Waals surface area contributed by atoms with E-state index in [2.05, 4.69) is 10.8 Å². The summed E-state index contributed by atoms with van der Waals surface area (Å²) in [5.41, 5.74) is 0. The van der Waals surface area contributed by atoms with E-state index in [0.717, 1.165) is 13.2 Å². The predicted molar refractivity (Wildman–Crippen MR) is 47.0 cm³/mol. The molecule has 0 atom stereocenters. The van der Waals surface area contributed by atoms with Gasteiger partial charge in [-0.25, -0.2) is 0 Å². The van der Waals surface area contributed by atoms with Gasteiger partial charge in [0.2, 0.25) is 0 Å². The van der Waals surface area contributed by atoms with Gasteiger partial charge in [0.1, 0.15) is 0 Å². The summed E-state index contributed by atoms with van der Waals surface area (Å²) >= 11 is 2.22. The maximum atomic E-state index is 5.41. The zero-order valence-corrected chi connectivity index (χ0v) is 9.85. The van der Waals surface area contributed by atoms with Crippen LogP contribution in [0.3, 0.4) is 0 Å². The topological polar surface area (TPSA) is 18.5 Å². The van der Waals surface area contributed by atoms with Gasteiger partial charge in [-0.2, -0.15) is 0 Å². The summed E-state index contributed by atoms with van der Waals surface area (Å²) in [7, 11) is 0. The van der Waals surface area contributed by atoms with Crippen LogP contribution in [0, 0.1) is 0 Å². The molecule has 11 heavy (non-hydrogen) atoms. The quantitative estimate of drug-likeness (QED) is 0.589. The number of hydrogen-bond donors (Lipinski definition) is 0. The van der Waals surface area contributed by atoms with E-state index < -0.39 is 0 Å². The van der Waals surface area contributed by atoms with Gasteiger partial charge in [0.15, 0.2) is 0 Å². The fraction of sp³-hybridized carbons (Fsp3) is 0.333. The van der Waals surface area contributed by atoms with E-state index in [9.17, 15) is 0 Å². The molecule has 2 nitrogen and oxygen atoms in total. The van der Waals surface area contributed by atoms with Gasteiger partial charge in [-0.3, -0.25) is 0 Å². The van der Waals surface area contributed by atoms with Crippen LogP contribution < -0.4 is 8.92 Å². The summed E-state index contributed by atoms with van der Waals surface area (Å²) in [6, 6.07) is 0. The third kappa shape index (κ3) is 2.07. The Bertz CT molecular complexity index is 216. The molecule has 1 aromatic rings. The first-order valence-corrected chi connectivity index (χ1v) is 7.17. The van der Waals surface area contributed by atoms with Crippen molar-refractivity contribution in [3.63, 3.8) is 0 Å². The molecule has 5 heteroatoms. The zero-order valence-electron chi connectivity index (χ0n) is 5.61. The van der Waals surface area contributed by atoms with E-state index >= 15 is 0 Å². The normalized spacial score (nSPS) is 18.5. The second-order valence-electron chi connectivity index (χ2n) is 1.91. The van der Waals surface area contributed by atoms with Crippen LogP contribution in [-0.4, -0.2) is 43.8 Å². The molecular weight excluding hydrogens is 294 g/mol. The third-order valence-corrected chi connectivity index (χ3v) is 6.58. The van der Waals surface area contributed by atoms with Crippen LogP contribution in [0.2, 0.25) is 0 Å². The van der Waals surface area contributed by atoms with E-state index in [-0.39, 0.29) is 30.6 Å². The van der Waals surface area contributed by atoms with E-state index in [4.69, 9.17) is 7.64 Å². The molecule has 60 valence electrons. The second kappa shape index (κ2) is 4.06. The van der Waals surface area contributed by atoms with Gasteiger partial charge >= 0.3 is 82.4 Å². The summed E-state index contributed by atoms with van der Waals surface area (Å²) < 4.78 is 13.6. The molecule has 0 aromatic carbocycles. The van der Waals surface area contributed by atoms with Crippen molar-refractivity contribution >= 4 is 50.8 Å². The second-order valence-corrected chi connectivity index (χ2v) is 6.19. The summed E-state index contributed by atoms with van der Waals surface area (Å²) in [6.45, 7) is 1.52. The van der Waals surface area contributed by atoms with Crippen molar-refractivity contribution in [2.45, 2.75) is 0 Å². The van der Waals surface area contributed by atoms with Gasteiger partial charge < -0.3 is 0 Å². The van der Waals surface area contributed by atoms with Crippen molar-refractivity contribution in [1.29, 1.82) is 0 Å². The first-order valence-electron chi connectivity index (χ1n) is 3.12. The van der Waals surface area contributed by atoms with Crippen molar-refractivity contribution in [2.75, 3.05) is 13.2 Å². The van der Waals surface area contributed by atoms with Crippen LogP contribution in [0.1, 0.15) is 0 Å². The molecule has 1 aliphatic rings. The Morgan fingerprint density at radius 2 is 1.64 bits per heavy atom. The Hall–Kier alpha value is 0.659. The zero-order chi connectivity index (χ0) is 7.52. The van der Waals surface area contributed by atoms with Gasteiger partial charge in [-0.15, -0.1) is 0 Å². The first kappa shape index (κ1) is 8.27. The number of fused-ring (bicyclic) bond motifs is 1. The SMILES string of the molecule is c1scc2c1[Se]OCCO[Se]2. The van der Waals surface area contributed by atoms with Gasteiger partial charge in [0, 0.05) is 0 Å². The summed E-state index contributed by atoms with van der Waals surface area (Å²) in [5, 5.41) is 4.34. The molecule has 2 heterocycles. The molecule has 0 fully saturated rings. The standard InChI is InChI=1S/C6H6O2SSe2/c1-2-8-11-6-4-9-3-5(6)10-7-1/h3-4H,1-2H2. The Balaban J connectivity index is 2.18. The average molecular weight is 300 g/mol. The molecule has 0 amide bonds. The van der Waals surface area contributed by atoms with Crippen LogP contribution in [0.25, 0.3) is 0 Å². The molecular formula is C6H6O2SSe2. The molecule has 0 saturated heterocycles. The van der Waals surface area contributed by atoms with Gasteiger partial charge in [0.05, 0.1) is 0 Å². The predicted octanol–water partition coefficient (Wildman–Crippen LogP) is -0.716. The Morgan fingerprint density at radius 1 is 1.09 bits per heavy atom. The van der Waals surface area contributed by atoms with E-state index in [1.54, 1.807) is 11.3 Å². The average Bonchev–Trinajstić information content (AvgIpc) is 2.35. The fourth-order valence-electron chi connectivity index (χ4n) is 0.674. The summed E-state index contributed by atoms with van der Waals surface area (Å²) in [5.74, 6) is 0. The molecule has 0 radical (unpaired) electrons. The Morgan fingerprint density at radius 3 is 2.18 bits per heavy atom. The summed E-state index contributed by atoms with van der Waals surface area (Å²) in [6.07, 6.45) is 0. The van der Waals surface area contributed by atoms with Crippen molar-refractivity contribution in [3.8, 4) is 0 Å². The maximum absolute atomic E-state index is 5.41. The number of rotatable bonds is 0. The first-order chi connectivity index (χ1) is 5.47. The fourth-order valence-corrected chi connectivity index (χ4v) is 5.35. The summed E-state index contributed by atoms with van der Waals surface area (Å²) in [4.78, 5) is 0. The van der Waals surface area contributed by atoms with Crippen LogP contribution in [0.4, 0.5) is 0 Å². The molecule has 0 N–H and O–H groups in total. The molecule has 0 spiro atoms. The van der Waals surface area contributed by atoms with Crippen LogP contribution in [0.15, 0.2) is 10.8 Å². The molecule has 0 saturated carbocycles. The number of thiophene rings is 1. The number of hydrogen-bond acceptors (Lipinski definition) is 3. The van der Waals surface area contributed by atoms with Gasteiger partial charge in [-0.05, 0) is 0 Å². The molecule has 0 aliphatic carbocycles. The monoisotopic (exact) mass is 302 g/mol. The molecule has 2 rings (SSSR count). The van der Waals surface area contributed by atoms with E-state index in [1.165, 1.54) is 8.92 Å². The van der Waals surface area contributed by atoms with Gasteiger partial charge in [0.25, 0.3) is 0 Å². The Kier molecular flexibility index (Phi) is 3.05. The van der Waals surface area contributed by atoms with E-state index in [0.29, 0.717) is 0 Å². The van der Waals surface area contributed by atoms with E-state index in [1.807, 2.05) is 0 Å². The van der Waals surface area contributed by atoms with Crippen molar-refractivity contribution in [2.24, 2.45) is 0 Å². The molecule has 1 aromatic heterocycles. The van der Waals surface area contributed by atoms with Gasteiger partial charge in [-0.1, -0.05) is 0 Å². The Labute approximate surface area is 82.2 Å². The molecule has 0 bridgehead atoms. The molecule has 1 aliphatic heterocycles. The van der Waals surface area contributed by atoms with Crippen LogP contribution in [-0.2, 0) is 7.64 Å². The van der Waals surface area contributed by atoms with Crippen LogP contribution >= 0.6 is 11.3 Å². The van der Waals surface area contributed by atoms with Crippen molar-refractivity contribution in [3.05, 3.63) is 10.8 Å². The minimum absolute atomic E-state index is 0.237.